The highest BCUT2D eigenvalue weighted by Gasteiger charge is 2.27. The summed E-state index contributed by atoms with van der Waals surface area (Å²) in [4.78, 5) is 3.78. The summed E-state index contributed by atoms with van der Waals surface area (Å²) in [5, 5.41) is 1.11. The number of ether oxygens (including phenoxy) is 1. The molecule has 0 amide bonds. The topological polar surface area (TPSA) is 71.2 Å². The van der Waals surface area contributed by atoms with Gasteiger partial charge < -0.3 is 9.72 Å². The number of hydrogen-bond donors (Lipinski definition) is 2. The van der Waals surface area contributed by atoms with Crippen LogP contribution in [0.25, 0.3) is 10.9 Å². The molecule has 0 fully saturated rings. The number of benzene rings is 2. The fourth-order valence-corrected chi connectivity index (χ4v) is 5.07. The number of hydrogen-bond acceptors (Lipinski definition) is 3. The number of aromatic nitrogens is 1. The number of sulfonamides is 1. The molecule has 0 bridgehead atoms. The average Bonchev–Trinajstić information content (AvgIpc) is 2.98. The largest absolute Gasteiger partial charge is 0.497 e. The predicted octanol–water partition coefficient (Wildman–Crippen LogP) is 3.32. The first-order valence-electron chi connectivity index (χ1n) is 8.73. The standard InChI is InChI=1S/C20H22N2O3S/c1-13-4-3-5-16(10-13)26(23,24)22-14-6-8-19-17(11-14)18-12-15(25-2)7-9-20(18)21-19/h3-5,7,9-10,12,14,21-22H,6,8,11H2,1-2H3. The van der Waals surface area contributed by atoms with E-state index in [9.17, 15) is 8.42 Å². The van der Waals surface area contributed by atoms with Crippen LogP contribution < -0.4 is 9.46 Å². The normalized spacial score (nSPS) is 17.2. The predicted molar refractivity (Wildman–Crippen MR) is 102 cm³/mol. The third-order valence-electron chi connectivity index (χ3n) is 5.02. The Morgan fingerprint density at radius 1 is 1.19 bits per heavy atom. The Kier molecular flexibility index (Phi) is 4.25. The molecule has 6 heteroatoms. The van der Waals surface area contributed by atoms with E-state index < -0.39 is 10.0 Å². The number of nitrogens with one attached hydrogen (secondary N) is 2. The number of aromatic amines is 1. The van der Waals surface area contributed by atoms with Gasteiger partial charge in [0.05, 0.1) is 12.0 Å². The van der Waals surface area contributed by atoms with E-state index in [0.29, 0.717) is 11.3 Å². The molecule has 0 saturated heterocycles. The van der Waals surface area contributed by atoms with E-state index in [0.717, 1.165) is 35.1 Å². The molecule has 0 radical (unpaired) electrons. The SMILES string of the molecule is COc1ccc2[nH]c3c(c2c1)CC(NS(=O)(=O)c1cccc(C)c1)CC3. The maximum absolute atomic E-state index is 12.7. The van der Waals surface area contributed by atoms with Crippen molar-refractivity contribution < 1.29 is 13.2 Å². The lowest BCUT2D eigenvalue weighted by atomic mass is 9.92. The van der Waals surface area contributed by atoms with Crippen molar-refractivity contribution >= 4 is 20.9 Å². The molecular formula is C20H22N2O3S. The summed E-state index contributed by atoms with van der Waals surface area (Å²) in [7, 11) is -1.87. The maximum Gasteiger partial charge on any atom is 0.240 e. The van der Waals surface area contributed by atoms with Crippen LogP contribution in [-0.4, -0.2) is 26.6 Å². The van der Waals surface area contributed by atoms with Gasteiger partial charge in [0.1, 0.15) is 5.75 Å². The Balaban J connectivity index is 1.62. The number of methoxy groups -OCH3 is 1. The molecule has 1 atom stereocenters. The summed E-state index contributed by atoms with van der Waals surface area (Å²) in [6, 6.07) is 12.9. The highest BCUT2D eigenvalue weighted by molar-refractivity contribution is 7.89. The van der Waals surface area contributed by atoms with Crippen LogP contribution in [-0.2, 0) is 22.9 Å². The quantitative estimate of drug-likeness (QED) is 0.740. The van der Waals surface area contributed by atoms with E-state index in [-0.39, 0.29) is 6.04 Å². The second-order valence-electron chi connectivity index (χ2n) is 6.87. The van der Waals surface area contributed by atoms with Crippen molar-refractivity contribution in [1.29, 1.82) is 0 Å². The van der Waals surface area contributed by atoms with E-state index in [1.54, 1.807) is 25.3 Å². The van der Waals surface area contributed by atoms with Crippen LogP contribution >= 0.6 is 0 Å². The lowest BCUT2D eigenvalue weighted by Crippen LogP contribution is -2.38. The Bertz CT molecular complexity index is 1070. The van der Waals surface area contributed by atoms with Gasteiger partial charge in [0.25, 0.3) is 0 Å². The summed E-state index contributed by atoms with van der Waals surface area (Å²) in [6.07, 6.45) is 2.28. The average molecular weight is 370 g/mol. The van der Waals surface area contributed by atoms with Gasteiger partial charge in [-0.25, -0.2) is 13.1 Å². The Labute approximate surface area is 153 Å². The second kappa shape index (κ2) is 6.45. The lowest BCUT2D eigenvalue weighted by molar-refractivity contribution is 0.415. The first-order chi connectivity index (χ1) is 12.5. The van der Waals surface area contributed by atoms with Crippen molar-refractivity contribution in [3.63, 3.8) is 0 Å². The minimum absolute atomic E-state index is 0.113. The molecule has 136 valence electrons. The number of H-pyrrole nitrogens is 1. The summed E-state index contributed by atoms with van der Waals surface area (Å²) in [5.74, 6) is 0.807. The van der Waals surface area contributed by atoms with E-state index in [2.05, 4.69) is 9.71 Å². The Morgan fingerprint density at radius 2 is 2.04 bits per heavy atom. The molecule has 3 aromatic rings. The summed E-state index contributed by atoms with van der Waals surface area (Å²) < 4.78 is 33.7. The number of fused-ring (bicyclic) bond motifs is 3. The molecule has 0 spiro atoms. The van der Waals surface area contributed by atoms with Gasteiger partial charge in [-0.2, -0.15) is 0 Å². The maximum atomic E-state index is 12.7. The van der Waals surface area contributed by atoms with Crippen molar-refractivity contribution in [2.45, 2.75) is 37.1 Å². The van der Waals surface area contributed by atoms with Gasteiger partial charge in [-0.05, 0) is 67.6 Å². The molecule has 26 heavy (non-hydrogen) atoms. The molecule has 1 aromatic heterocycles. The molecule has 1 unspecified atom stereocenters. The third kappa shape index (κ3) is 3.10. The number of rotatable bonds is 4. The molecule has 2 aromatic carbocycles. The number of aryl methyl sites for hydroxylation is 2. The van der Waals surface area contributed by atoms with Crippen molar-refractivity contribution in [2.75, 3.05) is 7.11 Å². The molecule has 5 nitrogen and oxygen atoms in total. The first kappa shape index (κ1) is 17.1. The van der Waals surface area contributed by atoms with Gasteiger partial charge in [0.15, 0.2) is 0 Å². The molecule has 4 rings (SSSR count). The zero-order valence-electron chi connectivity index (χ0n) is 14.9. The molecule has 2 N–H and O–H groups in total. The molecule has 1 aliphatic carbocycles. The van der Waals surface area contributed by atoms with Crippen LogP contribution in [0.2, 0.25) is 0 Å². The smallest absolute Gasteiger partial charge is 0.240 e. The molecule has 1 aliphatic rings. The molecule has 0 aliphatic heterocycles. The van der Waals surface area contributed by atoms with Crippen LogP contribution in [0, 0.1) is 6.92 Å². The van der Waals surface area contributed by atoms with Crippen molar-refractivity contribution in [3.05, 3.63) is 59.3 Å². The Hall–Kier alpha value is -2.31. The van der Waals surface area contributed by atoms with Crippen LogP contribution in [0.15, 0.2) is 47.4 Å². The van der Waals surface area contributed by atoms with Crippen molar-refractivity contribution in [3.8, 4) is 5.75 Å². The minimum atomic E-state index is -3.52. The molecule has 1 heterocycles. The van der Waals surface area contributed by atoms with Crippen molar-refractivity contribution in [2.24, 2.45) is 0 Å². The van der Waals surface area contributed by atoms with Gasteiger partial charge in [0, 0.05) is 22.6 Å². The highest BCUT2D eigenvalue weighted by atomic mass is 32.2. The van der Waals surface area contributed by atoms with E-state index in [1.807, 2.05) is 31.2 Å². The van der Waals surface area contributed by atoms with Gasteiger partial charge in [-0.15, -0.1) is 0 Å². The van der Waals surface area contributed by atoms with E-state index in [1.165, 1.54) is 11.3 Å². The van der Waals surface area contributed by atoms with Crippen LogP contribution in [0.3, 0.4) is 0 Å². The summed E-state index contributed by atoms with van der Waals surface area (Å²) >= 11 is 0. The van der Waals surface area contributed by atoms with Gasteiger partial charge >= 0.3 is 0 Å². The van der Waals surface area contributed by atoms with E-state index in [4.69, 9.17) is 4.74 Å². The van der Waals surface area contributed by atoms with E-state index >= 15 is 0 Å². The molecular weight excluding hydrogens is 348 g/mol. The zero-order valence-corrected chi connectivity index (χ0v) is 15.7. The van der Waals surface area contributed by atoms with Gasteiger partial charge in [0.2, 0.25) is 10.0 Å². The first-order valence-corrected chi connectivity index (χ1v) is 10.2. The summed E-state index contributed by atoms with van der Waals surface area (Å²) in [5.41, 5.74) is 4.38. The zero-order chi connectivity index (χ0) is 18.3. The third-order valence-corrected chi connectivity index (χ3v) is 6.53. The van der Waals surface area contributed by atoms with Gasteiger partial charge in [-0.1, -0.05) is 12.1 Å². The highest BCUT2D eigenvalue weighted by Crippen LogP contribution is 2.32. The lowest BCUT2D eigenvalue weighted by Gasteiger charge is -2.23. The minimum Gasteiger partial charge on any atom is -0.497 e. The van der Waals surface area contributed by atoms with Crippen LogP contribution in [0.1, 0.15) is 23.2 Å². The van der Waals surface area contributed by atoms with Crippen molar-refractivity contribution in [1.82, 2.24) is 9.71 Å². The second-order valence-corrected chi connectivity index (χ2v) is 8.59. The fourth-order valence-electron chi connectivity index (χ4n) is 3.69. The monoisotopic (exact) mass is 370 g/mol. The summed E-state index contributed by atoms with van der Waals surface area (Å²) in [6.45, 7) is 1.89. The van der Waals surface area contributed by atoms with Crippen LogP contribution in [0.5, 0.6) is 5.75 Å². The fraction of sp³-hybridized carbons (Fsp3) is 0.300. The molecule has 0 saturated carbocycles. The van der Waals surface area contributed by atoms with Gasteiger partial charge in [-0.3, -0.25) is 0 Å². The Morgan fingerprint density at radius 3 is 2.81 bits per heavy atom. The van der Waals surface area contributed by atoms with Crippen LogP contribution in [0.4, 0.5) is 0 Å².